The molecule has 0 saturated carbocycles. The first-order chi connectivity index (χ1) is 49.9. The molecule has 0 heterocycles. The van der Waals surface area contributed by atoms with Crippen LogP contribution in [-0.4, -0.2) is 103 Å². The van der Waals surface area contributed by atoms with E-state index in [9.17, 15) is 51.9 Å². The SMILES string of the molecule is CCCCCCCCCCCC[N+](C)(C)Cc1ccccc1.C[N+](C)(C)Cc1ccccc1.O=S(=O)([O-])c1ccccc1/C=C/c1ccc(-c2ccc(/C=C/c3ccccc3S(=O)(=O)[O-])cc2)cc1.O=S(=O)([O-])c1ccccc1/C=C/c1ccc(-c2ccc(/C=C/c3ccccc3S(=O)(=O)[O-])cc2)cc1. The van der Waals surface area contributed by atoms with Crippen molar-refractivity contribution < 1.29 is 60.8 Å². The van der Waals surface area contributed by atoms with Crippen LogP contribution in [0.25, 0.3) is 70.9 Å². The maximum Gasteiger partial charge on any atom is 0.125 e. The maximum absolute atomic E-state index is 11.4. The van der Waals surface area contributed by atoms with Crippen LogP contribution in [0.5, 0.6) is 0 Å². The number of nitrogens with zero attached hydrogens (tertiary/aromatic N) is 2. The minimum absolute atomic E-state index is 0.259. The molecule has 0 radical (unpaired) electrons. The molecule has 550 valence electrons. The molecule has 10 aromatic rings. The van der Waals surface area contributed by atoms with Crippen molar-refractivity contribution >= 4 is 89.1 Å². The topological polar surface area (TPSA) is 229 Å². The second-order valence-electron chi connectivity index (χ2n) is 27.2. The standard InChI is InChI=1S/2C28H22O6S2.C21H38N.C10H16N/c2*29-35(30,31)27-7-3-1-5-25(27)19-13-21-9-15-23(16-10-21)24-17-11-22(12-18-24)14-20-26-6-2-4-8-28(26)36(32,33)34;1-4-5-6-7-8-9-10-11-12-16-19-22(2,3)20-21-17-14-13-15-18-21;1-11(2,3)9-10-7-5-4-6-8-10/h2*1-20H,(H,29,30,31)(H,32,33,34);13-15,17-18H,4-12,16,19-20H2,1-3H3;4-8H,9H2,1-3H3/q;;2*+1/p-4/b2*19-13+,20-14+;;. The van der Waals surface area contributed by atoms with E-state index in [0.29, 0.717) is 22.3 Å². The summed E-state index contributed by atoms with van der Waals surface area (Å²) in [5.74, 6) is 0. The van der Waals surface area contributed by atoms with Crippen LogP contribution in [0.3, 0.4) is 0 Å². The first-order valence-electron chi connectivity index (χ1n) is 35.0. The van der Waals surface area contributed by atoms with Crippen LogP contribution in [0, 0.1) is 0 Å². The lowest BCUT2D eigenvalue weighted by atomic mass is 10.0. The monoisotopic (exact) mass is 1490 g/mol. The Bertz CT molecular complexity index is 4450. The minimum Gasteiger partial charge on any atom is -0.744 e. The summed E-state index contributed by atoms with van der Waals surface area (Å²) >= 11 is 0. The molecule has 105 heavy (non-hydrogen) atoms. The van der Waals surface area contributed by atoms with Gasteiger partial charge < -0.3 is 27.2 Å². The average Bonchev–Trinajstić information content (AvgIpc) is 0.851. The molecule has 0 unspecified atom stereocenters. The number of quaternary nitrogens is 2. The molecule has 18 heteroatoms. The molecule has 10 aromatic carbocycles. The van der Waals surface area contributed by atoms with Gasteiger partial charge >= 0.3 is 0 Å². The molecule has 0 N–H and O–H groups in total. The van der Waals surface area contributed by atoms with Gasteiger partial charge in [-0.05, 0) is 104 Å². The predicted molar refractivity (Wildman–Crippen MR) is 424 cm³/mol. The van der Waals surface area contributed by atoms with Gasteiger partial charge in [-0.15, -0.1) is 0 Å². The van der Waals surface area contributed by atoms with Crippen molar-refractivity contribution in [1.82, 2.24) is 0 Å². The second kappa shape index (κ2) is 40.3. The van der Waals surface area contributed by atoms with Crippen molar-refractivity contribution in [2.75, 3.05) is 41.8 Å². The zero-order chi connectivity index (χ0) is 75.9. The molecule has 0 amide bonds. The molecule has 0 atom stereocenters. The average molecular weight is 1490 g/mol. The highest BCUT2D eigenvalue weighted by Gasteiger charge is 2.16. The Balaban J connectivity index is 0.000000210. The Morgan fingerprint density at radius 1 is 0.267 bits per heavy atom. The number of rotatable bonds is 29. The first-order valence-corrected chi connectivity index (χ1v) is 40.6. The third-order valence-corrected chi connectivity index (χ3v) is 20.6. The lowest BCUT2D eigenvalue weighted by Crippen LogP contribution is -2.39. The van der Waals surface area contributed by atoms with Crippen molar-refractivity contribution in [3.05, 3.63) is 310 Å². The largest absolute Gasteiger partial charge is 0.744 e. The van der Waals surface area contributed by atoms with Gasteiger partial charge in [0.05, 0.1) is 61.4 Å². The van der Waals surface area contributed by atoms with Gasteiger partial charge in [0.15, 0.2) is 0 Å². The fourth-order valence-electron chi connectivity index (χ4n) is 11.6. The third kappa shape index (κ3) is 29.7. The maximum atomic E-state index is 11.4. The molecular formula is C87H94N2O12S4-2. The van der Waals surface area contributed by atoms with Gasteiger partial charge in [0.25, 0.3) is 0 Å². The Labute approximate surface area is 624 Å². The molecule has 14 nitrogen and oxygen atoms in total. The molecule has 0 fully saturated rings. The highest BCUT2D eigenvalue weighted by atomic mass is 32.2. The molecular weight excluding hydrogens is 1390 g/mol. The molecule has 0 bridgehead atoms. The van der Waals surface area contributed by atoms with E-state index < -0.39 is 40.5 Å². The predicted octanol–water partition coefficient (Wildman–Crippen LogP) is 19.1. The van der Waals surface area contributed by atoms with Crippen LogP contribution in [0.1, 0.15) is 127 Å². The third-order valence-electron chi connectivity index (χ3n) is 17.0. The fraction of sp³-hybridized carbons (Fsp3) is 0.218. The van der Waals surface area contributed by atoms with E-state index in [1.165, 1.54) is 130 Å². The normalized spacial score (nSPS) is 12.2. The van der Waals surface area contributed by atoms with Crippen LogP contribution in [-0.2, 0) is 53.6 Å². The molecule has 0 saturated heterocycles. The molecule has 0 aliphatic carbocycles. The number of benzene rings is 10. The Morgan fingerprint density at radius 3 is 0.743 bits per heavy atom. The van der Waals surface area contributed by atoms with Gasteiger partial charge in [-0.25, -0.2) is 33.7 Å². The van der Waals surface area contributed by atoms with Crippen LogP contribution < -0.4 is 0 Å². The summed E-state index contributed by atoms with van der Waals surface area (Å²) in [6, 6.07) is 76.1. The van der Waals surface area contributed by atoms with E-state index in [2.05, 4.69) is 103 Å². The Hall–Kier alpha value is -9.28. The van der Waals surface area contributed by atoms with E-state index >= 15 is 0 Å². The lowest BCUT2D eigenvalue weighted by Gasteiger charge is -2.30. The van der Waals surface area contributed by atoms with Crippen molar-refractivity contribution in [2.24, 2.45) is 0 Å². The van der Waals surface area contributed by atoms with Crippen molar-refractivity contribution in [3.8, 4) is 22.3 Å². The quantitative estimate of drug-likeness (QED) is 0.0184. The second-order valence-corrected chi connectivity index (χ2v) is 32.6. The summed E-state index contributed by atoms with van der Waals surface area (Å²) < 4.78 is 139. The van der Waals surface area contributed by atoms with E-state index in [0.717, 1.165) is 66.6 Å². The van der Waals surface area contributed by atoms with Gasteiger partial charge in [-0.1, -0.05) is 337 Å². The van der Waals surface area contributed by atoms with Crippen molar-refractivity contribution in [2.45, 2.75) is 104 Å². The van der Waals surface area contributed by atoms with E-state index in [1.54, 1.807) is 97.1 Å². The first kappa shape index (κ1) is 83.0. The van der Waals surface area contributed by atoms with Gasteiger partial charge in [0, 0.05) is 11.1 Å². The summed E-state index contributed by atoms with van der Waals surface area (Å²) in [5.41, 5.74) is 11.4. The van der Waals surface area contributed by atoms with E-state index in [1.807, 2.05) is 97.1 Å². The Morgan fingerprint density at radius 2 is 0.495 bits per heavy atom. The highest BCUT2D eigenvalue weighted by Crippen LogP contribution is 2.28. The van der Waals surface area contributed by atoms with Crippen LogP contribution >= 0.6 is 0 Å². The summed E-state index contributed by atoms with van der Waals surface area (Å²) in [6.45, 7) is 5.84. The van der Waals surface area contributed by atoms with E-state index in [4.69, 9.17) is 0 Å². The Kier molecular flexibility index (Phi) is 31.8. The number of unbranched alkanes of at least 4 members (excludes halogenated alkanes) is 9. The zero-order valence-electron chi connectivity index (χ0n) is 60.5. The molecule has 10 rings (SSSR count). The molecule has 0 aromatic heterocycles. The summed E-state index contributed by atoms with van der Waals surface area (Å²) in [4.78, 5) is -1.04. The smallest absolute Gasteiger partial charge is 0.125 e. The highest BCUT2D eigenvalue weighted by molar-refractivity contribution is 7.86. The number of hydrogen-bond donors (Lipinski definition) is 0. The summed E-state index contributed by atoms with van der Waals surface area (Å²) in [7, 11) is -6.91. The molecule has 0 aliphatic heterocycles. The summed E-state index contributed by atoms with van der Waals surface area (Å²) in [5, 5.41) is 0. The van der Waals surface area contributed by atoms with Crippen LogP contribution in [0.4, 0.5) is 0 Å². The van der Waals surface area contributed by atoms with E-state index in [-0.39, 0.29) is 19.6 Å². The molecule has 0 spiro atoms. The van der Waals surface area contributed by atoms with Crippen molar-refractivity contribution in [3.63, 3.8) is 0 Å². The van der Waals surface area contributed by atoms with Gasteiger partial charge in [0.2, 0.25) is 0 Å². The van der Waals surface area contributed by atoms with Crippen LogP contribution in [0.2, 0.25) is 0 Å². The fourth-order valence-corrected chi connectivity index (χ4v) is 14.3. The zero-order valence-corrected chi connectivity index (χ0v) is 63.8. The lowest BCUT2D eigenvalue weighted by molar-refractivity contribution is -0.903. The summed E-state index contributed by atoms with van der Waals surface area (Å²) in [6.07, 6.45) is 27.6. The minimum atomic E-state index is -4.56. The number of hydrogen-bond acceptors (Lipinski definition) is 12. The van der Waals surface area contributed by atoms with Crippen molar-refractivity contribution in [1.29, 1.82) is 0 Å². The van der Waals surface area contributed by atoms with Gasteiger partial charge in [0.1, 0.15) is 53.6 Å². The molecule has 0 aliphatic rings. The van der Waals surface area contributed by atoms with Gasteiger partial charge in [-0.3, -0.25) is 0 Å². The van der Waals surface area contributed by atoms with Gasteiger partial charge in [-0.2, -0.15) is 0 Å². The van der Waals surface area contributed by atoms with Crippen LogP contribution in [0.15, 0.2) is 274 Å².